The molecule has 1 aromatic carbocycles. The largest absolute Gasteiger partial charge is 0.339 e. The van der Waals surface area contributed by atoms with Crippen molar-refractivity contribution in [2.24, 2.45) is 0 Å². The van der Waals surface area contributed by atoms with Crippen LogP contribution in [0.1, 0.15) is 24.4 Å². The number of hydrogen-bond acceptors (Lipinski definition) is 2. The number of nitrogens with zero attached hydrogens (tertiary/aromatic N) is 1. The summed E-state index contributed by atoms with van der Waals surface area (Å²) in [5.74, 6) is 0.00857. The Hall–Kier alpha value is -1.84. The first-order chi connectivity index (χ1) is 8.27. The van der Waals surface area contributed by atoms with Gasteiger partial charge in [0.15, 0.2) is 0 Å². The second-order valence-corrected chi connectivity index (χ2v) is 4.54. The van der Waals surface area contributed by atoms with Gasteiger partial charge in [-0.25, -0.2) is 0 Å². The van der Waals surface area contributed by atoms with Crippen LogP contribution < -0.4 is 5.32 Å². The minimum atomic E-state index is -0.502. The fourth-order valence-corrected chi connectivity index (χ4v) is 2.64. The summed E-state index contributed by atoms with van der Waals surface area (Å²) >= 11 is 0. The molecule has 2 amide bonds. The number of rotatable bonds is 1. The molecule has 4 nitrogen and oxygen atoms in total. The Balaban J connectivity index is 1.92. The van der Waals surface area contributed by atoms with Crippen molar-refractivity contribution in [1.29, 1.82) is 0 Å². The van der Waals surface area contributed by atoms with E-state index in [1.165, 1.54) is 0 Å². The first-order valence-electron chi connectivity index (χ1n) is 5.93. The SMILES string of the molecule is O=C1N[C@H](c2ccccc2)C(=O)N2CCC[C@H]12. The van der Waals surface area contributed by atoms with E-state index < -0.39 is 6.04 Å². The lowest BCUT2D eigenvalue weighted by atomic mass is 10.0. The third kappa shape index (κ3) is 1.60. The van der Waals surface area contributed by atoms with E-state index >= 15 is 0 Å². The van der Waals surface area contributed by atoms with Gasteiger partial charge in [0.2, 0.25) is 11.8 Å². The number of benzene rings is 1. The van der Waals surface area contributed by atoms with Gasteiger partial charge in [-0.15, -0.1) is 0 Å². The molecule has 1 aromatic rings. The zero-order chi connectivity index (χ0) is 11.8. The maximum atomic E-state index is 12.3. The number of amides is 2. The van der Waals surface area contributed by atoms with Crippen molar-refractivity contribution in [2.75, 3.05) is 6.54 Å². The summed E-state index contributed by atoms with van der Waals surface area (Å²) in [5, 5.41) is 2.82. The highest BCUT2D eigenvalue weighted by molar-refractivity contribution is 5.97. The molecule has 0 aromatic heterocycles. The summed E-state index contributed by atoms with van der Waals surface area (Å²) in [7, 11) is 0. The van der Waals surface area contributed by atoms with E-state index in [0.29, 0.717) is 6.54 Å². The second-order valence-electron chi connectivity index (χ2n) is 4.54. The topological polar surface area (TPSA) is 49.4 Å². The minimum Gasteiger partial charge on any atom is -0.339 e. The lowest BCUT2D eigenvalue weighted by Gasteiger charge is -2.34. The highest BCUT2D eigenvalue weighted by atomic mass is 16.2. The lowest BCUT2D eigenvalue weighted by molar-refractivity contribution is -0.147. The number of piperazine rings is 1. The van der Waals surface area contributed by atoms with Crippen molar-refractivity contribution >= 4 is 11.8 Å². The molecule has 0 saturated carbocycles. The lowest BCUT2D eigenvalue weighted by Crippen LogP contribution is -2.56. The molecule has 0 radical (unpaired) electrons. The van der Waals surface area contributed by atoms with Crippen molar-refractivity contribution in [2.45, 2.75) is 24.9 Å². The van der Waals surface area contributed by atoms with Gasteiger partial charge < -0.3 is 10.2 Å². The molecule has 3 rings (SSSR count). The minimum absolute atomic E-state index is 0.0176. The highest BCUT2D eigenvalue weighted by Crippen LogP contribution is 2.27. The van der Waals surface area contributed by atoms with Gasteiger partial charge in [-0.1, -0.05) is 30.3 Å². The molecule has 2 saturated heterocycles. The quantitative estimate of drug-likeness (QED) is 0.777. The predicted octanol–water partition coefficient (Wildman–Crippen LogP) is 0.848. The van der Waals surface area contributed by atoms with Gasteiger partial charge in [0.05, 0.1) is 0 Å². The van der Waals surface area contributed by atoms with Crippen LogP contribution in [0.5, 0.6) is 0 Å². The molecule has 2 aliphatic rings. The Morgan fingerprint density at radius 3 is 2.71 bits per heavy atom. The van der Waals surface area contributed by atoms with Gasteiger partial charge in [-0.05, 0) is 18.4 Å². The van der Waals surface area contributed by atoms with Gasteiger partial charge >= 0.3 is 0 Å². The molecule has 0 bridgehead atoms. The van der Waals surface area contributed by atoms with Gasteiger partial charge in [-0.3, -0.25) is 9.59 Å². The molecule has 1 N–H and O–H groups in total. The number of carbonyl (C=O) groups excluding carboxylic acids is 2. The molecule has 0 unspecified atom stereocenters. The van der Waals surface area contributed by atoms with Crippen molar-refractivity contribution in [3.8, 4) is 0 Å². The monoisotopic (exact) mass is 230 g/mol. The molecule has 17 heavy (non-hydrogen) atoms. The van der Waals surface area contributed by atoms with Crippen LogP contribution in [-0.2, 0) is 9.59 Å². The van der Waals surface area contributed by atoms with Crippen molar-refractivity contribution in [3.05, 3.63) is 35.9 Å². The zero-order valence-electron chi connectivity index (χ0n) is 9.43. The Bertz CT molecular complexity index is 458. The molecule has 2 heterocycles. The van der Waals surface area contributed by atoms with Crippen LogP contribution in [0.3, 0.4) is 0 Å². The van der Waals surface area contributed by atoms with Gasteiger partial charge in [0.1, 0.15) is 12.1 Å². The summed E-state index contributed by atoms with van der Waals surface area (Å²) in [5.41, 5.74) is 0.858. The van der Waals surface area contributed by atoms with E-state index in [4.69, 9.17) is 0 Å². The molecular weight excluding hydrogens is 216 g/mol. The Kier molecular flexibility index (Phi) is 2.35. The molecule has 88 valence electrons. The molecular formula is C13H14N2O2. The third-order valence-corrected chi connectivity index (χ3v) is 3.50. The summed E-state index contributed by atoms with van der Waals surface area (Å²) < 4.78 is 0. The van der Waals surface area contributed by atoms with Crippen LogP contribution in [0.15, 0.2) is 30.3 Å². The summed E-state index contributed by atoms with van der Waals surface area (Å²) in [6.45, 7) is 0.709. The number of hydrogen-bond donors (Lipinski definition) is 1. The van der Waals surface area contributed by atoms with Crippen molar-refractivity contribution in [1.82, 2.24) is 10.2 Å². The van der Waals surface area contributed by atoms with E-state index in [1.807, 2.05) is 30.3 Å². The van der Waals surface area contributed by atoms with Crippen LogP contribution in [0, 0.1) is 0 Å². The highest BCUT2D eigenvalue weighted by Gasteiger charge is 2.43. The Morgan fingerprint density at radius 1 is 1.18 bits per heavy atom. The molecule has 0 spiro atoms. The van der Waals surface area contributed by atoms with Crippen molar-refractivity contribution < 1.29 is 9.59 Å². The molecule has 2 fully saturated rings. The maximum absolute atomic E-state index is 12.3. The van der Waals surface area contributed by atoms with Crippen LogP contribution in [0.2, 0.25) is 0 Å². The zero-order valence-corrected chi connectivity index (χ0v) is 9.43. The maximum Gasteiger partial charge on any atom is 0.250 e. The van der Waals surface area contributed by atoms with E-state index in [2.05, 4.69) is 5.32 Å². The number of nitrogens with one attached hydrogen (secondary N) is 1. The molecule has 2 aliphatic heterocycles. The first kappa shape index (κ1) is 10.3. The molecule has 4 heteroatoms. The van der Waals surface area contributed by atoms with Crippen molar-refractivity contribution in [3.63, 3.8) is 0 Å². The standard InChI is InChI=1S/C13H14N2O2/c16-12-10-7-4-8-15(10)13(17)11(14-12)9-5-2-1-3-6-9/h1-3,5-6,10-11H,4,7-8H2,(H,14,16)/t10-,11-/m1/s1. The van der Waals surface area contributed by atoms with Crippen LogP contribution >= 0.6 is 0 Å². The first-order valence-corrected chi connectivity index (χ1v) is 5.93. The predicted molar refractivity (Wildman–Crippen MR) is 62.1 cm³/mol. The van der Waals surface area contributed by atoms with E-state index in [9.17, 15) is 9.59 Å². The van der Waals surface area contributed by atoms with E-state index in [1.54, 1.807) is 4.90 Å². The van der Waals surface area contributed by atoms with Crippen LogP contribution in [0.25, 0.3) is 0 Å². The Morgan fingerprint density at radius 2 is 1.94 bits per heavy atom. The average molecular weight is 230 g/mol. The fraction of sp³-hybridized carbons (Fsp3) is 0.385. The summed E-state index contributed by atoms with van der Waals surface area (Å²) in [6.07, 6.45) is 1.71. The average Bonchev–Trinajstić information content (AvgIpc) is 2.85. The van der Waals surface area contributed by atoms with E-state index in [0.717, 1.165) is 18.4 Å². The Labute approximate surface area is 99.6 Å². The second kappa shape index (κ2) is 3.87. The molecule has 2 atom stereocenters. The van der Waals surface area contributed by atoms with Crippen LogP contribution in [-0.4, -0.2) is 29.3 Å². The third-order valence-electron chi connectivity index (χ3n) is 3.50. The fourth-order valence-electron chi connectivity index (χ4n) is 2.64. The molecule has 0 aliphatic carbocycles. The van der Waals surface area contributed by atoms with E-state index in [-0.39, 0.29) is 17.9 Å². The van der Waals surface area contributed by atoms with Crippen LogP contribution in [0.4, 0.5) is 0 Å². The summed E-state index contributed by atoms with van der Waals surface area (Å²) in [6, 6.07) is 8.67. The van der Waals surface area contributed by atoms with Gasteiger partial charge in [0.25, 0.3) is 0 Å². The summed E-state index contributed by atoms with van der Waals surface area (Å²) in [4.78, 5) is 25.9. The van der Waals surface area contributed by atoms with Gasteiger partial charge in [-0.2, -0.15) is 0 Å². The number of fused-ring (bicyclic) bond motifs is 1. The smallest absolute Gasteiger partial charge is 0.250 e. The normalized spacial score (nSPS) is 27.9. The van der Waals surface area contributed by atoms with Gasteiger partial charge in [0, 0.05) is 6.54 Å². The number of carbonyl (C=O) groups is 2.